The van der Waals surface area contributed by atoms with E-state index in [0.717, 1.165) is 38.5 Å². The van der Waals surface area contributed by atoms with E-state index in [0.29, 0.717) is 24.2 Å². The lowest BCUT2D eigenvalue weighted by Crippen LogP contribution is -2.54. The van der Waals surface area contributed by atoms with Gasteiger partial charge in [-0.3, -0.25) is 14.4 Å². The first-order chi connectivity index (χ1) is 14.1. The number of ketones is 1. The smallest absolute Gasteiger partial charge is 0.302 e. The van der Waals surface area contributed by atoms with Gasteiger partial charge < -0.3 is 9.47 Å². The van der Waals surface area contributed by atoms with Crippen LogP contribution in [0.4, 0.5) is 0 Å². The van der Waals surface area contributed by atoms with Crippen molar-refractivity contribution in [3.63, 3.8) is 0 Å². The Balaban J connectivity index is 1.60. The van der Waals surface area contributed by atoms with E-state index in [4.69, 9.17) is 9.47 Å². The molecule has 4 rings (SSSR count). The summed E-state index contributed by atoms with van der Waals surface area (Å²) in [4.78, 5) is 36.4. The van der Waals surface area contributed by atoms with Gasteiger partial charge in [0.2, 0.25) is 0 Å². The van der Waals surface area contributed by atoms with E-state index < -0.39 is 0 Å². The molecule has 0 saturated heterocycles. The number of ether oxygens (including phenoxy) is 2. The minimum Gasteiger partial charge on any atom is -0.463 e. The summed E-state index contributed by atoms with van der Waals surface area (Å²) in [5.41, 5.74) is 1.26. The van der Waals surface area contributed by atoms with E-state index in [-0.39, 0.29) is 46.7 Å². The summed E-state index contributed by atoms with van der Waals surface area (Å²) in [5.74, 6) is 0.915. The van der Waals surface area contributed by atoms with Crippen LogP contribution in [-0.4, -0.2) is 29.9 Å². The molecule has 3 fully saturated rings. The van der Waals surface area contributed by atoms with Crippen LogP contribution in [0.2, 0.25) is 0 Å². The van der Waals surface area contributed by atoms with Gasteiger partial charge in [0.1, 0.15) is 12.2 Å². The molecule has 0 aliphatic heterocycles. The lowest BCUT2D eigenvalue weighted by atomic mass is 9.47. The van der Waals surface area contributed by atoms with E-state index in [9.17, 15) is 14.4 Å². The van der Waals surface area contributed by atoms with Crippen molar-refractivity contribution in [2.75, 3.05) is 0 Å². The predicted molar refractivity (Wildman–Crippen MR) is 112 cm³/mol. The molecule has 0 spiro atoms. The molecule has 0 aromatic rings. The van der Waals surface area contributed by atoms with Crippen molar-refractivity contribution in [1.82, 2.24) is 0 Å². The fourth-order valence-electron chi connectivity index (χ4n) is 7.86. The van der Waals surface area contributed by atoms with Crippen molar-refractivity contribution in [3.05, 3.63) is 11.6 Å². The van der Waals surface area contributed by atoms with E-state index in [1.807, 2.05) is 13.0 Å². The molecule has 4 aliphatic carbocycles. The first-order valence-corrected chi connectivity index (χ1v) is 11.7. The third-order valence-electron chi connectivity index (χ3n) is 9.23. The Hall–Kier alpha value is -1.65. The summed E-state index contributed by atoms with van der Waals surface area (Å²) >= 11 is 0. The molecule has 5 nitrogen and oxygen atoms in total. The number of carbonyl (C=O) groups excluding carboxylic acids is 3. The predicted octanol–water partition coefficient (Wildman–Crippen LogP) is 4.63. The van der Waals surface area contributed by atoms with Crippen LogP contribution >= 0.6 is 0 Å². The minimum absolute atomic E-state index is 0.0240. The largest absolute Gasteiger partial charge is 0.463 e. The van der Waals surface area contributed by atoms with E-state index in [1.54, 1.807) is 0 Å². The number of carbonyl (C=O) groups is 3. The minimum atomic E-state index is -0.239. The van der Waals surface area contributed by atoms with Gasteiger partial charge >= 0.3 is 11.9 Å². The molecule has 0 amide bonds. The van der Waals surface area contributed by atoms with Crippen LogP contribution in [0.3, 0.4) is 0 Å². The molecule has 0 radical (unpaired) electrons. The van der Waals surface area contributed by atoms with Crippen LogP contribution in [0.1, 0.15) is 79.6 Å². The summed E-state index contributed by atoms with van der Waals surface area (Å²) in [6.45, 7) is 9.62. The molecule has 0 aromatic carbocycles. The van der Waals surface area contributed by atoms with Crippen LogP contribution in [0.25, 0.3) is 0 Å². The third kappa shape index (κ3) is 3.33. The quantitative estimate of drug-likeness (QED) is 0.628. The average molecular weight is 417 g/mol. The van der Waals surface area contributed by atoms with Gasteiger partial charge in [0.05, 0.1) is 0 Å². The standard InChI is InChI=1S/C25H36O5/c1-14(29-15(2)26)19-6-7-20-23-21(9-11-25(19,20)5)24(4)10-8-18(30-16(3)27)12-17(24)13-22(23)28/h13-14,18-21,23H,6-12H2,1-5H3/t14-,18+,19-,20+,21+,23+,24+,25-/m1/s1. The molecule has 8 atom stereocenters. The maximum Gasteiger partial charge on any atom is 0.302 e. The van der Waals surface area contributed by atoms with Crippen LogP contribution in [-0.2, 0) is 23.9 Å². The number of fused-ring (bicyclic) bond motifs is 5. The topological polar surface area (TPSA) is 69.7 Å². The zero-order valence-electron chi connectivity index (χ0n) is 19.0. The summed E-state index contributed by atoms with van der Waals surface area (Å²) in [7, 11) is 0. The molecule has 0 unspecified atom stereocenters. The molecular formula is C25H36O5. The SMILES string of the molecule is CC(=O)O[C@H]1CC[C@@]2(C)C(=CC(=O)[C@H]3[C@@H]4CC[C@H]([C@@H](C)OC(C)=O)[C@@]4(C)CC[C@@H]32)C1. The molecule has 166 valence electrons. The molecule has 4 aliphatic rings. The highest BCUT2D eigenvalue weighted by Gasteiger charge is 2.61. The van der Waals surface area contributed by atoms with Crippen LogP contribution in [0.5, 0.6) is 0 Å². The zero-order valence-corrected chi connectivity index (χ0v) is 19.0. The normalized spacial score (nSPS) is 43.6. The molecule has 0 bridgehead atoms. The molecule has 0 heterocycles. The number of hydrogen-bond acceptors (Lipinski definition) is 5. The summed E-state index contributed by atoms with van der Waals surface area (Å²) < 4.78 is 11.1. The van der Waals surface area contributed by atoms with E-state index in [2.05, 4.69) is 13.8 Å². The van der Waals surface area contributed by atoms with Gasteiger partial charge in [-0.1, -0.05) is 19.4 Å². The van der Waals surface area contributed by atoms with Gasteiger partial charge in [-0.15, -0.1) is 0 Å². The second-order valence-corrected chi connectivity index (χ2v) is 10.7. The fraction of sp³-hybridized carbons (Fsp3) is 0.800. The maximum absolute atomic E-state index is 13.4. The number of rotatable bonds is 3. The molecule has 0 aromatic heterocycles. The highest BCUT2D eigenvalue weighted by atomic mass is 16.5. The van der Waals surface area contributed by atoms with Gasteiger partial charge in [0.15, 0.2) is 5.78 Å². The lowest BCUT2D eigenvalue weighted by Gasteiger charge is -2.57. The highest BCUT2D eigenvalue weighted by Crippen LogP contribution is 2.66. The Kier molecular flexibility index (Phi) is 5.39. The Morgan fingerprint density at radius 2 is 1.77 bits per heavy atom. The molecule has 0 N–H and O–H groups in total. The average Bonchev–Trinajstić information content (AvgIpc) is 2.99. The number of hydrogen-bond donors (Lipinski definition) is 0. The van der Waals surface area contributed by atoms with Gasteiger partial charge in [-0.2, -0.15) is 0 Å². The maximum atomic E-state index is 13.4. The van der Waals surface area contributed by atoms with Crippen molar-refractivity contribution < 1.29 is 23.9 Å². The summed E-state index contributed by atoms with van der Waals surface area (Å²) in [6.07, 6.45) is 8.43. The van der Waals surface area contributed by atoms with Gasteiger partial charge in [-0.05, 0) is 74.2 Å². The van der Waals surface area contributed by atoms with Crippen LogP contribution in [0.15, 0.2) is 11.6 Å². The third-order valence-corrected chi connectivity index (χ3v) is 9.23. The Morgan fingerprint density at radius 3 is 2.43 bits per heavy atom. The monoisotopic (exact) mass is 416 g/mol. The van der Waals surface area contributed by atoms with Gasteiger partial charge in [-0.25, -0.2) is 0 Å². The van der Waals surface area contributed by atoms with E-state index in [1.165, 1.54) is 19.4 Å². The molecular weight excluding hydrogens is 380 g/mol. The summed E-state index contributed by atoms with van der Waals surface area (Å²) in [5, 5.41) is 0. The lowest BCUT2D eigenvalue weighted by molar-refractivity contribution is -0.155. The van der Waals surface area contributed by atoms with Crippen molar-refractivity contribution in [2.24, 2.45) is 34.5 Å². The zero-order chi connectivity index (χ0) is 21.8. The first kappa shape index (κ1) is 21.6. The number of allylic oxidation sites excluding steroid dienone is 1. The Morgan fingerprint density at radius 1 is 1.03 bits per heavy atom. The van der Waals surface area contributed by atoms with Crippen LogP contribution < -0.4 is 0 Å². The van der Waals surface area contributed by atoms with Crippen molar-refractivity contribution in [1.29, 1.82) is 0 Å². The van der Waals surface area contributed by atoms with Crippen molar-refractivity contribution >= 4 is 17.7 Å². The highest BCUT2D eigenvalue weighted by molar-refractivity contribution is 5.94. The van der Waals surface area contributed by atoms with Crippen LogP contribution in [0, 0.1) is 34.5 Å². The molecule has 3 saturated carbocycles. The second-order valence-electron chi connectivity index (χ2n) is 10.7. The van der Waals surface area contributed by atoms with Crippen molar-refractivity contribution in [3.8, 4) is 0 Å². The van der Waals surface area contributed by atoms with Gasteiger partial charge in [0.25, 0.3) is 0 Å². The molecule has 5 heteroatoms. The van der Waals surface area contributed by atoms with E-state index >= 15 is 0 Å². The Labute approximate surface area is 179 Å². The summed E-state index contributed by atoms with van der Waals surface area (Å²) in [6, 6.07) is 0. The number of esters is 2. The van der Waals surface area contributed by atoms with Crippen molar-refractivity contribution in [2.45, 2.75) is 91.8 Å². The second kappa shape index (κ2) is 7.49. The first-order valence-electron chi connectivity index (χ1n) is 11.7. The fourth-order valence-corrected chi connectivity index (χ4v) is 7.86. The van der Waals surface area contributed by atoms with Gasteiger partial charge in [0, 0.05) is 32.1 Å². The molecule has 30 heavy (non-hydrogen) atoms. The Bertz CT molecular complexity index is 784.